The Bertz CT molecular complexity index is 874. The lowest BCUT2D eigenvalue weighted by atomic mass is 10.0. The van der Waals surface area contributed by atoms with E-state index in [9.17, 15) is 23.1 Å². The molecule has 0 saturated heterocycles. The van der Waals surface area contributed by atoms with Crippen molar-refractivity contribution >= 4 is 12.1 Å². The van der Waals surface area contributed by atoms with Crippen LogP contribution in [0, 0.1) is 20.8 Å². The number of aryl methyl sites for hydroxylation is 4. The molecule has 0 heterocycles. The Morgan fingerprint density at radius 3 is 2.44 bits per heavy atom. The third kappa shape index (κ3) is 5.84. The number of aromatic hydroxyl groups is 1. The zero-order valence-corrected chi connectivity index (χ0v) is 15.3. The van der Waals surface area contributed by atoms with Gasteiger partial charge in [-0.3, -0.25) is 4.79 Å². The molecule has 27 heavy (non-hydrogen) atoms. The number of nitrogens with one attached hydrogen (secondary N) is 1. The van der Waals surface area contributed by atoms with Crippen LogP contribution in [0.15, 0.2) is 35.4 Å². The lowest BCUT2D eigenvalue weighted by Crippen LogP contribution is -2.18. The number of nitrogens with zero attached hydrogens (tertiary/aromatic N) is 1. The van der Waals surface area contributed by atoms with Gasteiger partial charge in [0.2, 0.25) is 5.91 Å². The van der Waals surface area contributed by atoms with E-state index in [0.717, 1.165) is 17.7 Å². The summed E-state index contributed by atoms with van der Waals surface area (Å²) in [4.78, 5) is 11.9. The van der Waals surface area contributed by atoms with Crippen molar-refractivity contribution in [3.8, 4) is 5.75 Å². The van der Waals surface area contributed by atoms with Crippen molar-refractivity contribution in [1.29, 1.82) is 0 Å². The number of carbonyl (C=O) groups is 1. The second kappa shape index (κ2) is 8.24. The maximum Gasteiger partial charge on any atom is 0.416 e. The Kier molecular flexibility index (Phi) is 6.25. The van der Waals surface area contributed by atoms with E-state index in [0.29, 0.717) is 22.3 Å². The third-order valence-electron chi connectivity index (χ3n) is 3.97. The van der Waals surface area contributed by atoms with E-state index in [1.54, 1.807) is 26.0 Å². The normalized spacial score (nSPS) is 11.8. The summed E-state index contributed by atoms with van der Waals surface area (Å²) in [5.74, 6) is -0.344. The van der Waals surface area contributed by atoms with Crippen LogP contribution in [0.25, 0.3) is 0 Å². The molecule has 0 atom stereocenters. The molecule has 0 fully saturated rings. The number of carbonyl (C=O) groups excluding carboxylic acids is 1. The minimum atomic E-state index is -4.42. The first-order valence-corrected chi connectivity index (χ1v) is 8.36. The molecule has 0 spiro atoms. The molecule has 2 aromatic carbocycles. The monoisotopic (exact) mass is 378 g/mol. The summed E-state index contributed by atoms with van der Waals surface area (Å²) >= 11 is 0. The van der Waals surface area contributed by atoms with Crippen LogP contribution in [-0.2, 0) is 17.4 Å². The van der Waals surface area contributed by atoms with E-state index in [1.165, 1.54) is 6.21 Å². The molecule has 1 amide bonds. The first-order chi connectivity index (χ1) is 12.6. The molecule has 144 valence electrons. The van der Waals surface area contributed by atoms with Gasteiger partial charge >= 0.3 is 6.18 Å². The largest absolute Gasteiger partial charge is 0.507 e. The molecule has 0 bridgehead atoms. The van der Waals surface area contributed by atoms with Crippen LogP contribution in [0.3, 0.4) is 0 Å². The molecule has 0 radical (unpaired) electrons. The quantitative estimate of drug-likeness (QED) is 0.598. The Labute approximate surface area is 155 Å². The number of phenols is 1. The molecule has 0 aliphatic carbocycles. The maximum atomic E-state index is 12.8. The fourth-order valence-corrected chi connectivity index (χ4v) is 2.75. The summed E-state index contributed by atoms with van der Waals surface area (Å²) in [5, 5.41) is 13.8. The fourth-order valence-electron chi connectivity index (χ4n) is 2.75. The highest BCUT2D eigenvalue weighted by Crippen LogP contribution is 2.30. The SMILES string of the molecule is Cc1cc(CCC(=O)N/N=C/c2cc(C)cc(C)c2O)cc(C(F)(F)F)c1. The molecule has 0 saturated carbocycles. The number of phenolic OH excluding ortho intramolecular Hbond substituents is 1. The van der Waals surface area contributed by atoms with Crippen LogP contribution in [0.4, 0.5) is 13.2 Å². The van der Waals surface area contributed by atoms with Crippen molar-refractivity contribution in [2.24, 2.45) is 5.10 Å². The number of alkyl halides is 3. The van der Waals surface area contributed by atoms with Gasteiger partial charge in [-0.15, -0.1) is 0 Å². The molecule has 0 aliphatic heterocycles. The van der Waals surface area contributed by atoms with Crippen LogP contribution in [0.2, 0.25) is 0 Å². The van der Waals surface area contributed by atoms with Crippen molar-refractivity contribution in [1.82, 2.24) is 5.43 Å². The second-order valence-electron chi connectivity index (χ2n) is 6.52. The smallest absolute Gasteiger partial charge is 0.416 e. The van der Waals surface area contributed by atoms with Crippen molar-refractivity contribution in [3.05, 3.63) is 63.7 Å². The number of halogens is 3. The molecule has 2 N–H and O–H groups in total. The first-order valence-electron chi connectivity index (χ1n) is 8.36. The highest BCUT2D eigenvalue weighted by atomic mass is 19.4. The Morgan fingerprint density at radius 1 is 1.11 bits per heavy atom. The summed E-state index contributed by atoms with van der Waals surface area (Å²) in [6.07, 6.45) is -2.92. The van der Waals surface area contributed by atoms with Gasteiger partial charge in [-0.05, 0) is 62.1 Å². The molecule has 0 aromatic heterocycles. The topological polar surface area (TPSA) is 61.7 Å². The van der Waals surface area contributed by atoms with E-state index >= 15 is 0 Å². The minimum Gasteiger partial charge on any atom is -0.507 e. The lowest BCUT2D eigenvalue weighted by Gasteiger charge is -2.10. The van der Waals surface area contributed by atoms with E-state index in [4.69, 9.17) is 0 Å². The zero-order valence-electron chi connectivity index (χ0n) is 15.3. The average Bonchev–Trinajstić information content (AvgIpc) is 2.56. The first kappa shape index (κ1) is 20.5. The third-order valence-corrected chi connectivity index (χ3v) is 3.97. The van der Waals surface area contributed by atoms with Crippen LogP contribution < -0.4 is 5.43 Å². The van der Waals surface area contributed by atoms with Crippen molar-refractivity contribution < 1.29 is 23.1 Å². The number of hydrazone groups is 1. The predicted octanol–water partition coefficient (Wildman–Crippen LogP) is 4.42. The van der Waals surface area contributed by atoms with E-state index in [-0.39, 0.29) is 18.6 Å². The number of rotatable bonds is 5. The van der Waals surface area contributed by atoms with Crippen LogP contribution in [0.1, 0.15) is 39.8 Å². The summed E-state index contributed by atoms with van der Waals surface area (Å²) in [6.45, 7) is 5.22. The molecule has 2 rings (SSSR count). The second-order valence-corrected chi connectivity index (χ2v) is 6.52. The molecular weight excluding hydrogens is 357 g/mol. The van der Waals surface area contributed by atoms with Gasteiger partial charge in [0.05, 0.1) is 11.8 Å². The van der Waals surface area contributed by atoms with Gasteiger partial charge in [-0.25, -0.2) is 5.43 Å². The number of benzene rings is 2. The summed E-state index contributed by atoms with van der Waals surface area (Å²) in [6, 6.07) is 7.30. The molecule has 0 aliphatic rings. The van der Waals surface area contributed by atoms with Crippen molar-refractivity contribution in [2.45, 2.75) is 39.8 Å². The van der Waals surface area contributed by atoms with Crippen LogP contribution >= 0.6 is 0 Å². The van der Waals surface area contributed by atoms with Gasteiger partial charge in [-0.1, -0.05) is 17.7 Å². The molecular formula is C20H21F3N2O2. The van der Waals surface area contributed by atoms with Crippen LogP contribution in [0.5, 0.6) is 5.75 Å². The lowest BCUT2D eigenvalue weighted by molar-refractivity contribution is -0.137. The van der Waals surface area contributed by atoms with Crippen LogP contribution in [-0.4, -0.2) is 17.2 Å². The van der Waals surface area contributed by atoms with Gasteiger partial charge in [0.15, 0.2) is 0 Å². The number of amides is 1. The molecule has 4 nitrogen and oxygen atoms in total. The summed E-state index contributed by atoms with van der Waals surface area (Å²) in [7, 11) is 0. The van der Waals surface area contributed by atoms with Gasteiger partial charge in [0.1, 0.15) is 5.75 Å². The average molecular weight is 378 g/mol. The van der Waals surface area contributed by atoms with E-state index < -0.39 is 17.6 Å². The van der Waals surface area contributed by atoms with Crippen molar-refractivity contribution in [3.63, 3.8) is 0 Å². The predicted molar refractivity (Wildman–Crippen MR) is 97.8 cm³/mol. The highest BCUT2D eigenvalue weighted by Gasteiger charge is 2.30. The van der Waals surface area contributed by atoms with Gasteiger partial charge in [-0.2, -0.15) is 18.3 Å². The van der Waals surface area contributed by atoms with E-state index in [1.807, 2.05) is 13.0 Å². The van der Waals surface area contributed by atoms with Gasteiger partial charge < -0.3 is 5.11 Å². The Morgan fingerprint density at radius 2 is 1.78 bits per heavy atom. The fraction of sp³-hybridized carbons (Fsp3) is 0.300. The van der Waals surface area contributed by atoms with Gasteiger partial charge in [0.25, 0.3) is 0 Å². The standard InChI is InChI=1S/C20H21F3N2O2/c1-12-6-14(3)19(27)16(8-12)11-24-25-18(26)5-4-15-7-13(2)9-17(10-15)20(21,22)23/h6-11,27H,4-5H2,1-3H3,(H,25,26)/b24-11+. The summed E-state index contributed by atoms with van der Waals surface area (Å²) < 4.78 is 38.5. The van der Waals surface area contributed by atoms with Gasteiger partial charge in [0, 0.05) is 12.0 Å². The molecule has 2 aromatic rings. The number of hydrogen-bond acceptors (Lipinski definition) is 3. The Hall–Kier alpha value is -2.83. The number of hydrogen-bond donors (Lipinski definition) is 2. The molecule has 7 heteroatoms. The van der Waals surface area contributed by atoms with E-state index in [2.05, 4.69) is 10.5 Å². The minimum absolute atomic E-state index is 0.00306. The zero-order chi connectivity index (χ0) is 20.2. The summed E-state index contributed by atoms with van der Waals surface area (Å²) in [5.41, 5.74) is 4.64. The highest BCUT2D eigenvalue weighted by molar-refractivity contribution is 5.86. The molecule has 0 unspecified atom stereocenters. The van der Waals surface area contributed by atoms with Crippen molar-refractivity contribution in [2.75, 3.05) is 0 Å². The Balaban J connectivity index is 1.97. The maximum absolute atomic E-state index is 12.8.